The number of hydrazone groups is 1. The lowest BCUT2D eigenvalue weighted by atomic mass is 9.74. The van der Waals surface area contributed by atoms with E-state index < -0.39 is 0 Å². The van der Waals surface area contributed by atoms with Gasteiger partial charge in [-0.25, -0.2) is 5.43 Å². The standard InChI is InChI=1S/C14H14N2O2/c17-11-6-4-9(5-7-11)14(18)16-15-13-8-10-2-1-3-12(10)13/h1-2,4-7,10,12,17H,3,8H2,(H,16,18)/b15-13-. The number of phenolic OH excluding ortho intramolecular Hbond substituents is 1. The molecule has 92 valence electrons. The number of benzene rings is 1. The highest BCUT2D eigenvalue weighted by atomic mass is 16.3. The van der Waals surface area contributed by atoms with Crippen molar-refractivity contribution >= 4 is 11.6 Å². The first-order valence-electron chi connectivity index (χ1n) is 6.06. The fraction of sp³-hybridized carbons (Fsp3) is 0.286. The minimum atomic E-state index is -0.239. The molecule has 0 saturated heterocycles. The summed E-state index contributed by atoms with van der Waals surface area (Å²) in [7, 11) is 0. The highest BCUT2D eigenvalue weighted by molar-refractivity contribution is 5.98. The minimum absolute atomic E-state index is 0.150. The van der Waals surface area contributed by atoms with Crippen LogP contribution in [0.1, 0.15) is 23.2 Å². The Hall–Kier alpha value is -2.10. The number of phenols is 1. The molecule has 0 heterocycles. The van der Waals surface area contributed by atoms with Crippen LogP contribution in [-0.2, 0) is 0 Å². The van der Waals surface area contributed by atoms with Crippen molar-refractivity contribution in [3.8, 4) is 5.75 Å². The van der Waals surface area contributed by atoms with Crippen molar-refractivity contribution in [2.45, 2.75) is 12.8 Å². The second kappa shape index (κ2) is 4.29. The first kappa shape index (κ1) is 11.0. The van der Waals surface area contributed by atoms with E-state index in [4.69, 9.17) is 5.11 Å². The van der Waals surface area contributed by atoms with Crippen molar-refractivity contribution in [3.05, 3.63) is 42.0 Å². The molecule has 4 nitrogen and oxygen atoms in total. The van der Waals surface area contributed by atoms with Crippen molar-refractivity contribution in [1.82, 2.24) is 5.43 Å². The number of aromatic hydroxyl groups is 1. The SMILES string of the molecule is O=C(N/N=C1/CC2C=CCC12)c1ccc(O)cc1. The number of rotatable bonds is 2. The summed E-state index contributed by atoms with van der Waals surface area (Å²) in [5.74, 6) is 1.05. The van der Waals surface area contributed by atoms with E-state index in [0.717, 1.165) is 18.6 Å². The van der Waals surface area contributed by atoms with Gasteiger partial charge in [-0.05, 0) is 43.0 Å². The summed E-state index contributed by atoms with van der Waals surface area (Å²) in [5.41, 5.74) is 4.15. The monoisotopic (exact) mass is 242 g/mol. The molecule has 0 bridgehead atoms. The Morgan fingerprint density at radius 2 is 2.11 bits per heavy atom. The van der Waals surface area contributed by atoms with Gasteiger partial charge in [0.25, 0.3) is 5.91 Å². The summed E-state index contributed by atoms with van der Waals surface area (Å²) in [6, 6.07) is 6.13. The van der Waals surface area contributed by atoms with E-state index in [1.165, 1.54) is 12.1 Å². The third kappa shape index (κ3) is 1.90. The minimum Gasteiger partial charge on any atom is -0.508 e. The molecule has 2 unspecified atom stereocenters. The van der Waals surface area contributed by atoms with Crippen molar-refractivity contribution in [2.75, 3.05) is 0 Å². The first-order valence-corrected chi connectivity index (χ1v) is 6.06. The third-order valence-electron chi connectivity index (χ3n) is 3.59. The van der Waals surface area contributed by atoms with Crippen LogP contribution < -0.4 is 5.43 Å². The van der Waals surface area contributed by atoms with Crippen LogP contribution in [0, 0.1) is 11.8 Å². The molecule has 1 aromatic rings. The van der Waals surface area contributed by atoms with Gasteiger partial charge in [-0.3, -0.25) is 4.79 Å². The van der Waals surface area contributed by atoms with Crippen LogP contribution in [0.3, 0.4) is 0 Å². The molecule has 18 heavy (non-hydrogen) atoms. The number of hydrogen-bond donors (Lipinski definition) is 2. The lowest BCUT2D eigenvalue weighted by Crippen LogP contribution is -2.35. The topological polar surface area (TPSA) is 61.7 Å². The Kier molecular flexibility index (Phi) is 2.63. The number of hydrogen-bond acceptors (Lipinski definition) is 3. The van der Waals surface area contributed by atoms with Gasteiger partial charge in [0.05, 0.1) is 0 Å². The fourth-order valence-corrected chi connectivity index (χ4v) is 2.46. The number of nitrogens with one attached hydrogen (secondary N) is 1. The van der Waals surface area contributed by atoms with E-state index in [9.17, 15) is 4.79 Å². The van der Waals surface area contributed by atoms with E-state index in [0.29, 0.717) is 17.4 Å². The molecule has 2 atom stereocenters. The van der Waals surface area contributed by atoms with Gasteiger partial charge in [-0.15, -0.1) is 0 Å². The average Bonchev–Trinajstić information content (AvgIpc) is 2.72. The van der Waals surface area contributed by atoms with Gasteiger partial charge >= 0.3 is 0 Å². The normalized spacial score (nSPS) is 26.8. The smallest absolute Gasteiger partial charge is 0.271 e. The van der Waals surface area contributed by atoms with Crippen LogP contribution >= 0.6 is 0 Å². The Morgan fingerprint density at radius 1 is 1.33 bits per heavy atom. The van der Waals surface area contributed by atoms with Crippen LogP contribution in [0.25, 0.3) is 0 Å². The second-order valence-corrected chi connectivity index (χ2v) is 4.73. The maximum atomic E-state index is 11.8. The lowest BCUT2D eigenvalue weighted by molar-refractivity contribution is 0.0954. The van der Waals surface area contributed by atoms with Gasteiger partial charge in [0, 0.05) is 17.2 Å². The molecule has 0 spiro atoms. The summed E-state index contributed by atoms with van der Waals surface area (Å²) in [4.78, 5) is 11.8. The number of carbonyl (C=O) groups is 1. The number of nitrogens with zero attached hydrogens (tertiary/aromatic N) is 1. The van der Waals surface area contributed by atoms with Gasteiger partial charge in [-0.1, -0.05) is 12.2 Å². The predicted octanol–water partition coefficient (Wildman–Crippen LogP) is 2.07. The van der Waals surface area contributed by atoms with E-state index >= 15 is 0 Å². The molecule has 1 fully saturated rings. The largest absolute Gasteiger partial charge is 0.508 e. The van der Waals surface area contributed by atoms with Gasteiger partial charge in [-0.2, -0.15) is 5.10 Å². The lowest BCUT2D eigenvalue weighted by Gasteiger charge is -2.31. The zero-order valence-corrected chi connectivity index (χ0v) is 9.84. The van der Waals surface area contributed by atoms with Crippen molar-refractivity contribution in [3.63, 3.8) is 0 Å². The average molecular weight is 242 g/mol. The first-order chi connectivity index (χ1) is 8.74. The molecule has 1 amide bonds. The van der Waals surface area contributed by atoms with Crippen LogP contribution in [0.4, 0.5) is 0 Å². The molecule has 0 aliphatic heterocycles. The summed E-state index contributed by atoms with van der Waals surface area (Å²) in [6.45, 7) is 0. The number of carbonyl (C=O) groups excluding carboxylic acids is 1. The molecule has 2 aliphatic carbocycles. The second-order valence-electron chi connectivity index (χ2n) is 4.73. The summed E-state index contributed by atoms with van der Waals surface area (Å²) in [5, 5.41) is 13.3. The number of fused-ring (bicyclic) bond motifs is 1. The highest BCUT2D eigenvalue weighted by Gasteiger charge is 2.37. The Labute approximate surface area is 105 Å². The Bertz CT molecular complexity index is 531. The van der Waals surface area contributed by atoms with E-state index in [2.05, 4.69) is 22.7 Å². The van der Waals surface area contributed by atoms with Crippen molar-refractivity contribution < 1.29 is 9.90 Å². The van der Waals surface area contributed by atoms with Gasteiger partial charge in [0.1, 0.15) is 5.75 Å². The molecule has 1 saturated carbocycles. The van der Waals surface area contributed by atoms with E-state index in [-0.39, 0.29) is 11.7 Å². The third-order valence-corrected chi connectivity index (χ3v) is 3.59. The van der Waals surface area contributed by atoms with Crippen LogP contribution in [-0.4, -0.2) is 16.7 Å². The van der Waals surface area contributed by atoms with E-state index in [1.54, 1.807) is 12.1 Å². The zero-order chi connectivity index (χ0) is 12.5. The maximum absolute atomic E-state index is 11.8. The summed E-state index contributed by atoms with van der Waals surface area (Å²) < 4.78 is 0. The molecule has 4 heteroatoms. The van der Waals surface area contributed by atoms with Gasteiger partial charge < -0.3 is 5.11 Å². The molecule has 2 N–H and O–H groups in total. The predicted molar refractivity (Wildman–Crippen MR) is 68.4 cm³/mol. The van der Waals surface area contributed by atoms with Gasteiger partial charge in [0.2, 0.25) is 0 Å². The number of allylic oxidation sites excluding steroid dienone is 2. The Balaban J connectivity index is 1.62. The van der Waals surface area contributed by atoms with Gasteiger partial charge in [0.15, 0.2) is 0 Å². The zero-order valence-electron chi connectivity index (χ0n) is 9.84. The molecular formula is C14H14N2O2. The molecule has 0 aromatic heterocycles. The number of amides is 1. The molecular weight excluding hydrogens is 228 g/mol. The summed E-state index contributed by atoms with van der Waals surface area (Å²) in [6.07, 6.45) is 6.40. The molecule has 1 aromatic carbocycles. The van der Waals surface area contributed by atoms with Crippen LogP contribution in [0.15, 0.2) is 41.5 Å². The molecule has 2 aliphatic rings. The maximum Gasteiger partial charge on any atom is 0.271 e. The van der Waals surface area contributed by atoms with Crippen LogP contribution in [0.5, 0.6) is 5.75 Å². The molecule has 0 radical (unpaired) electrons. The van der Waals surface area contributed by atoms with E-state index in [1.807, 2.05) is 0 Å². The fourth-order valence-electron chi connectivity index (χ4n) is 2.46. The van der Waals surface area contributed by atoms with Crippen molar-refractivity contribution in [2.24, 2.45) is 16.9 Å². The summed E-state index contributed by atoms with van der Waals surface area (Å²) >= 11 is 0. The Morgan fingerprint density at radius 3 is 2.83 bits per heavy atom. The van der Waals surface area contributed by atoms with Crippen molar-refractivity contribution in [1.29, 1.82) is 0 Å². The van der Waals surface area contributed by atoms with Crippen LogP contribution in [0.2, 0.25) is 0 Å². The quantitative estimate of drug-likeness (QED) is 0.616. The molecule has 3 rings (SSSR count). The highest BCUT2D eigenvalue weighted by Crippen LogP contribution is 2.40.